The number of rotatable bonds is 9. The van der Waals surface area contributed by atoms with Crippen molar-refractivity contribution in [2.75, 3.05) is 25.6 Å². The summed E-state index contributed by atoms with van der Waals surface area (Å²) < 4.78 is 28.7. The molecule has 3 aromatic carbocycles. The lowest BCUT2D eigenvalue weighted by molar-refractivity contribution is -0.118. The summed E-state index contributed by atoms with van der Waals surface area (Å²) >= 11 is 0. The van der Waals surface area contributed by atoms with Crippen molar-refractivity contribution < 1.29 is 33.0 Å². The van der Waals surface area contributed by atoms with E-state index in [4.69, 9.17) is 14.2 Å². The minimum atomic E-state index is -0.701. The SMILES string of the molecule is COc1cc(C(=O)OCC(=O)c2ccccc2)ccc1OCC(=O)Nc1ccc(F)cc1. The molecule has 0 aromatic heterocycles. The molecule has 8 heteroatoms. The van der Waals surface area contributed by atoms with Crippen molar-refractivity contribution in [1.82, 2.24) is 0 Å². The molecule has 0 radical (unpaired) electrons. The van der Waals surface area contributed by atoms with E-state index in [1.807, 2.05) is 0 Å². The third-order valence-electron chi connectivity index (χ3n) is 4.32. The molecule has 3 rings (SSSR count). The van der Waals surface area contributed by atoms with E-state index >= 15 is 0 Å². The van der Waals surface area contributed by atoms with Crippen LogP contribution in [0.25, 0.3) is 0 Å². The Morgan fingerprint density at radius 2 is 1.56 bits per heavy atom. The van der Waals surface area contributed by atoms with E-state index in [2.05, 4.69) is 5.32 Å². The number of benzene rings is 3. The number of carbonyl (C=O) groups excluding carboxylic acids is 3. The van der Waals surface area contributed by atoms with Gasteiger partial charge in [0.15, 0.2) is 30.5 Å². The summed E-state index contributed by atoms with van der Waals surface area (Å²) in [5.74, 6) is -1.44. The van der Waals surface area contributed by atoms with Gasteiger partial charge in [-0.1, -0.05) is 30.3 Å². The highest BCUT2D eigenvalue weighted by Gasteiger charge is 2.15. The van der Waals surface area contributed by atoms with E-state index in [9.17, 15) is 18.8 Å². The minimum Gasteiger partial charge on any atom is -0.493 e. The molecule has 0 atom stereocenters. The van der Waals surface area contributed by atoms with Crippen LogP contribution < -0.4 is 14.8 Å². The van der Waals surface area contributed by atoms with Gasteiger partial charge in [0.1, 0.15) is 5.82 Å². The maximum absolute atomic E-state index is 12.9. The van der Waals surface area contributed by atoms with E-state index in [1.54, 1.807) is 30.3 Å². The van der Waals surface area contributed by atoms with Crippen LogP contribution in [-0.2, 0) is 9.53 Å². The number of Topliss-reactive ketones (excluding diaryl/α,β-unsaturated/α-hetero) is 1. The molecule has 32 heavy (non-hydrogen) atoms. The Labute approximate surface area is 183 Å². The van der Waals surface area contributed by atoms with E-state index in [1.165, 1.54) is 49.6 Å². The highest BCUT2D eigenvalue weighted by atomic mass is 19.1. The topological polar surface area (TPSA) is 90.9 Å². The standard InChI is InChI=1S/C24H20FNO6/c1-30-22-13-17(24(29)32-14-20(27)16-5-3-2-4-6-16)7-12-21(22)31-15-23(28)26-19-10-8-18(25)9-11-19/h2-13H,14-15H2,1H3,(H,26,28). The van der Waals surface area contributed by atoms with E-state index < -0.39 is 24.3 Å². The molecule has 0 aliphatic carbocycles. The van der Waals surface area contributed by atoms with Crippen molar-refractivity contribution in [2.24, 2.45) is 0 Å². The van der Waals surface area contributed by atoms with Crippen molar-refractivity contribution in [3.63, 3.8) is 0 Å². The molecule has 1 amide bonds. The number of hydrogen-bond donors (Lipinski definition) is 1. The maximum atomic E-state index is 12.9. The predicted octanol–water partition coefficient (Wildman–Crippen LogP) is 3.89. The van der Waals surface area contributed by atoms with Crippen LogP contribution >= 0.6 is 0 Å². The molecule has 0 saturated heterocycles. The normalized spacial score (nSPS) is 10.2. The molecular weight excluding hydrogens is 417 g/mol. The monoisotopic (exact) mass is 437 g/mol. The van der Waals surface area contributed by atoms with Crippen LogP contribution in [0.1, 0.15) is 20.7 Å². The number of amides is 1. The summed E-state index contributed by atoms with van der Waals surface area (Å²) in [6.07, 6.45) is 0. The van der Waals surface area contributed by atoms with Crippen molar-refractivity contribution in [3.8, 4) is 11.5 Å². The number of carbonyl (C=O) groups is 3. The Hall–Kier alpha value is -4.20. The fourth-order valence-electron chi connectivity index (χ4n) is 2.71. The third kappa shape index (κ3) is 6.15. The molecule has 0 heterocycles. The van der Waals surface area contributed by atoms with Crippen LogP contribution in [0, 0.1) is 5.82 Å². The fraction of sp³-hybridized carbons (Fsp3) is 0.125. The molecule has 0 aliphatic rings. The van der Waals surface area contributed by atoms with Gasteiger partial charge in [0.2, 0.25) is 0 Å². The Morgan fingerprint density at radius 1 is 0.844 bits per heavy atom. The summed E-state index contributed by atoms with van der Waals surface area (Å²) in [5.41, 5.74) is 1.03. The van der Waals surface area contributed by atoms with Gasteiger partial charge >= 0.3 is 5.97 Å². The molecule has 0 bridgehead atoms. The lowest BCUT2D eigenvalue weighted by Gasteiger charge is -2.12. The molecule has 0 unspecified atom stereocenters. The van der Waals surface area contributed by atoms with Crippen molar-refractivity contribution in [2.45, 2.75) is 0 Å². The third-order valence-corrected chi connectivity index (χ3v) is 4.32. The second-order valence-corrected chi connectivity index (χ2v) is 6.57. The lowest BCUT2D eigenvalue weighted by atomic mass is 10.1. The maximum Gasteiger partial charge on any atom is 0.338 e. The molecule has 0 saturated carbocycles. The Kier molecular flexibility index (Phi) is 7.53. The van der Waals surface area contributed by atoms with Crippen LogP contribution in [0.15, 0.2) is 72.8 Å². The number of esters is 1. The average molecular weight is 437 g/mol. The van der Waals surface area contributed by atoms with Gasteiger partial charge < -0.3 is 19.5 Å². The zero-order valence-corrected chi connectivity index (χ0v) is 17.2. The van der Waals surface area contributed by atoms with Crippen LogP contribution in [-0.4, -0.2) is 38.0 Å². The summed E-state index contributed by atoms with van der Waals surface area (Å²) in [6.45, 7) is -0.726. The number of anilines is 1. The van der Waals surface area contributed by atoms with E-state index in [-0.39, 0.29) is 29.5 Å². The van der Waals surface area contributed by atoms with E-state index in [0.29, 0.717) is 11.3 Å². The summed E-state index contributed by atoms with van der Waals surface area (Å²) in [5, 5.41) is 2.57. The van der Waals surface area contributed by atoms with Crippen molar-refractivity contribution >= 4 is 23.3 Å². The molecule has 0 spiro atoms. The second kappa shape index (κ2) is 10.7. The Morgan fingerprint density at radius 3 is 2.25 bits per heavy atom. The zero-order valence-electron chi connectivity index (χ0n) is 17.2. The number of halogens is 1. The van der Waals surface area contributed by atoms with Gasteiger partial charge in [-0.15, -0.1) is 0 Å². The first-order valence-corrected chi connectivity index (χ1v) is 9.58. The average Bonchev–Trinajstić information content (AvgIpc) is 2.82. The van der Waals surface area contributed by atoms with Gasteiger partial charge in [-0.25, -0.2) is 9.18 Å². The summed E-state index contributed by atoms with van der Waals surface area (Å²) in [7, 11) is 1.38. The van der Waals surface area contributed by atoms with Crippen molar-refractivity contribution in [1.29, 1.82) is 0 Å². The molecular formula is C24H20FNO6. The number of methoxy groups -OCH3 is 1. The number of nitrogens with one attached hydrogen (secondary N) is 1. The first-order chi connectivity index (χ1) is 15.5. The highest BCUT2D eigenvalue weighted by molar-refractivity contribution is 5.99. The first-order valence-electron chi connectivity index (χ1n) is 9.58. The van der Waals surface area contributed by atoms with Crippen molar-refractivity contribution in [3.05, 3.63) is 89.7 Å². The van der Waals surface area contributed by atoms with Crippen LogP contribution in [0.4, 0.5) is 10.1 Å². The highest BCUT2D eigenvalue weighted by Crippen LogP contribution is 2.28. The second-order valence-electron chi connectivity index (χ2n) is 6.57. The molecule has 7 nitrogen and oxygen atoms in total. The van der Waals surface area contributed by atoms with E-state index in [0.717, 1.165) is 0 Å². The Bertz CT molecular complexity index is 1100. The Balaban J connectivity index is 1.56. The zero-order chi connectivity index (χ0) is 22.9. The predicted molar refractivity (Wildman–Crippen MR) is 115 cm³/mol. The smallest absolute Gasteiger partial charge is 0.338 e. The fourth-order valence-corrected chi connectivity index (χ4v) is 2.71. The van der Waals surface area contributed by atoms with Crippen LogP contribution in [0.3, 0.4) is 0 Å². The molecule has 164 valence electrons. The largest absolute Gasteiger partial charge is 0.493 e. The van der Waals surface area contributed by atoms with Gasteiger partial charge in [0.05, 0.1) is 12.7 Å². The quantitative estimate of drug-likeness (QED) is 0.403. The number of ketones is 1. The summed E-state index contributed by atoms with van der Waals surface area (Å²) in [6, 6.07) is 18.1. The van der Waals surface area contributed by atoms with Gasteiger partial charge in [-0.05, 0) is 42.5 Å². The van der Waals surface area contributed by atoms with Crippen LogP contribution in [0.5, 0.6) is 11.5 Å². The molecule has 3 aromatic rings. The minimum absolute atomic E-state index is 0.158. The first kappa shape index (κ1) is 22.5. The van der Waals surface area contributed by atoms with Gasteiger partial charge in [0, 0.05) is 11.3 Å². The molecule has 1 N–H and O–H groups in total. The van der Waals surface area contributed by atoms with Gasteiger partial charge in [-0.2, -0.15) is 0 Å². The lowest BCUT2D eigenvalue weighted by Crippen LogP contribution is -2.20. The molecule has 0 fully saturated rings. The summed E-state index contributed by atoms with van der Waals surface area (Å²) in [4.78, 5) is 36.4. The van der Waals surface area contributed by atoms with Gasteiger partial charge in [-0.3, -0.25) is 9.59 Å². The molecule has 0 aliphatic heterocycles. The van der Waals surface area contributed by atoms with Gasteiger partial charge in [0.25, 0.3) is 5.91 Å². The number of hydrogen-bond acceptors (Lipinski definition) is 6. The number of ether oxygens (including phenoxy) is 3. The van der Waals surface area contributed by atoms with Crippen LogP contribution in [0.2, 0.25) is 0 Å².